The predicted molar refractivity (Wildman–Crippen MR) is 67.1 cm³/mol. The van der Waals surface area contributed by atoms with Crippen molar-refractivity contribution in [3.8, 4) is 6.07 Å². The molecule has 0 aliphatic carbocycles. The quantitative estimate of drug-likeness (QED) is 0.757. The Morgan fingerprint density at radius 1 is 1.28 bits per heavy atom. The fourth-order valence-electron chi connectivity index (χ4n) is 2.21. The van der Waals surface area contributed by atoms with Crippen LogP contribution >= 0.6 is 0 Å². The van der Waals surface area contributed by atoms with Gasteiger partial charge in [0.1, 0.15) is 0 Å². The van der Waals surface area contributed by atoms with Crippen LogP contribution in [0.2, 0.25) is 0 Å². The van der Waals surface area contributed by atoms with Crippen LogP contribution in [-0.4, -0.2) is 36.1 Å². The van der Waals surface area contributed by atoms with Gasteiger partial charge < -0.3 is 9.64 Å². The molecule has 18 heavy (non-hydrogen) atoms. The van der Waals surface area contributed by atoms with Gasteiger partial charge in [0.2, 0.25) is 0 Å². The molecule has 0 saturated carbocycles. The topological polar surface area (TPSA) is 53.3 Å². The van der Waals surface area contributed by atoms with E-state index in [2.05, 4.69) is 0 Å². The van der Waals surface area contributed by atoms with Crippen LogP contribution < -0.4 is 0 Å². The lowest BCUT2D eigenvalue weighted by Gasteiger charge is -2.35. The maximum atomic E-state index is 12.3. The van der Waals surface area contributed by atoms with Crippen LogP contribution in [0, 0.1) is 11.3 Å². The Kier molecular flexibility index (Phi) is 3.63. The van der Waals surface area contributed by atoms with E-state index < -0.39 is 0 Å². The van der Waals surface area contributed by atoms with E-state index in [-0.39, 0.29) is 18.1 Å². The number of carbonyl (C=O) groups excluding carboxylic acids is 1. The van der Waals surface area contributed by atoms with Crippen LogP contribution in [0.3, 0.4) is 0 Å². The highest BCUT2D eigenvalue weighted by molar-refractivity contribution is 5.94. The number of ether oxygens (including phenoxy) is 1. The van der Waals surface area contributed by atoms with E-state index in [9.17, 15) is 4.79 Å². The monoisotopic (exact) mass is 244 g/mol. The van der Waals surface area contributed by atoms with Crippen LogP contribution in [0.15, 0.2) is 24.3 Å². The molecule has 1 fully saturated rings. The fraction of sp³-hybridized carbons (Fsp3) is 0.429. The molecule has 1 aromatic rings. The minimum Gasteiger partial charge on any atom is -0.372 e. The number of morpholine rings is 1. The highest BCUT2D eigenvalue weighted by atomic mass is 16.5. The normalized spacial score (nSPS) is 23.5. The first-order chi connectivity index (χ1) is 8.60. The third-order valence-electron chi connectivity index (χ3n) is 2.97. The van der Waals surface area contributed by atoms with Crippen LogP contribution in [0.5, 0.6) is 0 Å². The second-order valence-electron chi connectivity index (χ2n) is 4.66. The Labute approximate surface area is 107 Å². The van der Waals surface area contributed by atoms with Gasteiger partial charge in [0.05, 0.1) is 23.8 Å². The van der Waals surface area contributed by atoms with E-state index in [1.54, 1.807) is 29.2 Å². The Morgan fingerprint density at radius 3 is 2.33 bits per heavy atom. The number of rotatable bonds is 1. The summed E-state index contributed by atoms with van der Waals surface area (Å²) in [5.74, 6) is 0.00138. The van der Waals surface area contributed by atoms with Crippen molar-refractivity contribution in [2.45, 2.75) is 26.1 Å². The second kappa shape index (κ2) is 5.19. The van der Waals surface area contributed by atoms with Crippen molar-refractivity contribution in [2.24, 2.45) is 0 Å². The number of nitriles is 1. The molecule has 0 bridgehead atoms. The molecule has 1 aliphatic rings. The average Bonchev–Trinajstić information content (AvgIpc) is 2.37. The molecule has 2 atom stereocenters. The van der Waals surface area contributed by atoms with E-state index in [0.717, 1.165) is 0 Å². The van der Waals surface area contributed by atoms with E-state index in [1.807, 2.05) is 19.9 Å². The minimum absolute atomic E-state index is 0.00138. The lowest BCUT2D eigenvalue weighted by atomic mass is 10.1. The number of benzene rings is 1. The van der Waals surface area contributed by atoms with Gasteiger partial charge >= 0.3 is 0 Å². The Balaban J connectivity index is 2.12. The van der Waals surface area contributed by atoms with E-state index in [4.69, 9.17) is 10.00 Å². The third kappa shape index (κ3) is 2.69. The number of carbonyl (C=O) groups is 1. The van der Waals surface area contributed by atoms with Crippen LogP contribution in [0.25, 0.3) is 0 Å². The zero-order chi connectivity index (χ0) is 13.1. The van der Waals surface area contributed by atoms with E-state index in [0.29, 0.717) is 24.2 Å². The van der Waals surface area contributed by atoms with Crippen molar-refractivity contribution in [3.05, 3.63) is 35.4 Å². The van der Waals surface area contributed by atoms with Gasteiger partial charge in [-0.3, -0.25) is 4.79 Å². The zero-order valence-electron chi connectivity index (χ0n) is 10.6. The third-order valence-corrected chi connectivity index (χ3v) is 2.97. The summed E-state index contributed by atoms with van der Waals surface area (Å²) in [6, 6.07) is 8.78. The van der Waals surface area contributed by atoms with E-state index in [1.165, 1.54) is 0 Å². The largest absolute Gasteiger partial charge is 0.372 e. The van der Waals surface area contributed by atoms with Gasteiger partial charge in [0.25, 0.3) is 5.91 Å². The number of amides is 1. The van der Waals surface area contributed by atoms with Gasteiger partial charge in [0, 0.05) is 18.7 Å². The summed E-state index contributed by atoms with van der Waals surface area (Å²) in [5.41, 5.74) is 1.19. The summed E-state index contributed by atoms with van der Waals surface area (Å²) in [7, 11) is 0. The van der Waals surface area contributed by atoms with Gasteiger partial charge in [-0.25, -0.2) is 0 Å². The molecule has 1 aliphatic heterocycles. The smallest absolute Gasteiger partial charge is 0.254 e. The molecule has 2 rings (SSSR count). The lowest BCUT2D eigenvalue weighted by molar-refractivity contribution is -0.0586. The molecule has 1 saturated heterocycles. The molecule has 0 radical (unpaired) electrons. The van der Waals surface area contributed by atoms with Crippen molar-refractivity contribution in [2.75, 3.05) is 13.1 Å². The average molecular weight is 244 g/mol. The van der Waals surface area contributed by atoms with Gasteiger partial charge in [-0.1, -0.05) is 0 Å². The SMILES string of the molecule is C[C@@H]1CN(C(=O)c2ccc(C#N)cc2)C[C@@H](C)O1. The molecule has 1 amide bonds. The number of nitrogens with zero attached hydrogens (tertiary/aromatic N) is 2. The highest BCUT2D eigenvalue weighted by Gasteiger charge is 2.26. The standard InChI is InChI=1S/C14H16N2O2/c1-10-8-16(9-11(2)18-10)14(17)13-5-3-12(7-15)4-6-13/h3-6,10-11H,8-9H2,1-2H3/t10-,11-/m1/s1. The molecule has 94 valence electrons. The summed E-state index contributed by atoms with van der Waals surface area (Å²) in [5, 5.41) is 8.72. The fourth-order valence-corrected chi connectivity index (χ4v) is 2.21. The molecular weight excluding hydrogens is 228 g/mol. The van der Waals surface area contributed by atoms with Crippen molar-refractivity contribution in [1.29, 1.82) is 5.26 Å². The van der Waals surface area contributed by atoms with Crippen molar-refractivity contribution >= 4 is 5.91 Å². The van der Waals surface area contributed by atoms with Crippen molar-refractivity contribution in [1.82, 2.24) is 4.90 Å². The Bertz CT molecular complexity index is 466. The summed E-state index contributed by atoms with van der Waals surface area (Å²) < 4.78 is 5.60. The van der Waals surface area contributed by atoms with Crippen LogP contribution in [0.1, 0.15) is 29.8 Å². The van der Waals surface area contributed by atoms with Crippen LogP contribution in [-0.2, 0) is 4.74 Å². The lowest BCUT2D eigenvalue weighted by Crippen LogP contribution is -2.48. The highest BCUT2D eigenvalue weighted by Crippen LogP contribution is 2.14. The number of hydrogen-bond acceptors (Lipinski definition) is 3. The summed E-state index contributed by atoms with van der Waals surface area (Å²) >= 11 is 0. The van der Waals surface area contributed by atoms with Crippen molar-refractivity contribution < 1.29 is 9.53 Å². The van der Waals surface area contributed by atoms with Crippen LogP contribution in [0.4, 0.5) is 0 Å². The minimum atomic E-state index is 0.00138. The molecule has 4 nitrogen and oxygen atoms in total. The maximum Gasteiger partial charge on any atom is 0.254 e. The summed E-state index contributed by atoms with van der Waals surface area (Å²) in [6.07, 6.45) is 0.132. The first-order valence-electron chi connectivity index (χ1n) is 6.05. The van der Waals surface area contributed by atoms with Gasteiger partial charge in [-0.05, 0) is 38.1 Å². The molecule has 1 heterocycles. The summed E-state index contributed by atoms with van der Waals surface area (Å²) in [6.45, 7) is 5.16. The Morgan fingerprint density at radius 2 is 1.83 bits per heavy atom. The first kappa shape index (κ1) is 12.6. The van der Waals surface area contributed by atoms with Crippen molar-refractivity contribution in [3.63, 3.8) is 0 Å². The zero-order valence-corrected chi connectivity index (χ0v) is 10.6. The van der Waals surface area contributed by atoms with Gasteiger partial charge in [0.15, 0.2) is 0 Å². The molecule has 0 aromatic heterocycles. The molecular formula is C14H16N2O2. The second-order valence-corrected chi connectivity index (χ2v) is 4.66. The van der Waals surface area contributed by atoms with Gasteiger partial charge in [-0.15, -0.1) is 0 Å². The number of hydrogen-bond donors (Lipinski definition) is 0. The molecule has 1 aromatic carbocycles. The maximum absolute atomic E-state index is 12.3. The van der Waals surface area contributed by atoms with Gasteiger partial charge in [-0.2, -0.15) is 5.26 Å². The molecule has 0 spiro atoms. The molecule has 4 heteroatoms. The Hall–Kier alpha value is -1.86. The molecule has 0 unspecified atom stereocenters. The predicted octanol–water partition coefficient (Wildman–Crippen LogP) is 1.81. The first-order valence-corrected chi connectivity index (χ1v) is 6.05. The summed E-state index contributed by atoms with van der Waals surface area (Å²) in [4.78, 5) is 14.1. The van der Waals surface area contributed by atoms with E-state index >= 15 is 0 Å². The molecule has 0 N–H and O–H groups in total.